The monoisotopic (exact) mass is 353 g/mol. The molecule has 0 radical (unpaired) electrons. The van der Waals surface area contributed by atoms with Crippen molar-refractivity contribution < 1.29 is 10.0 Å². The number of hydrogen-bond donors (Lipinski definition) is 0. The van der Waals surface area contributed by atoms with Gasteiger partial charge in [-0.15, -0.1) is 0 Å². The highest BCUT2D eigenvalue weighted by Crippen LogP contribution is 2.31. The number of halogens is 2. The summed E-state index contributed by atoms with van der Waals surface area (Å²) in [6, 6.07) is 9.47. The lowest BCUT2D eigenvalue weighted by atomic mass is 10.2. The summed E-state index contributed by atoms with van der Waals surface area (Å²) >= 11 is 9.06. The molecule has 0 aromatic heterocycles. The lowest BCUT2D eigenvalue weighted by molar-refractivity contribution is -0.398. The molecular formula is C13H7BrClN2O3-. The maximum Gasteiger partial charge on any atom is 0.263 e. The van der Waals surface area contributed by atoms with Gasteiger partial charge in [-0.25, -0.2) is 0 Å². The van der Waals surface area contributed by atoms with E-state index in [1.165, 1.54) is 12.3 Å². The van der Waals surface area contributed by atoms with Crippen LogP contribution >= 0.6 is 27.5 Å². The van der Waals surface area contributed by atoms with Gasteiger partial charge in [-0.1, -0.05) is 39.7 Å². The summed E-state index contributed by atoms with van der Waals surface area (Å²) < 4.78 is 0.435. The van der Waals surface area contributed by atoms with Crippen LogP contribution in [-0.2, 0) is 0 Å². The fourth-order valence-electron chi connectivity index (χ4n) is 1.53. The Morgan fingerprint density at radius 3 is 2.65 bits per heavy atom. The number of nitro groups is 1. The van der Waals surface area contributed by atoms with E-state index in [2.05, 4.69) is 20.9 Å². The molecule has 0 bridgehead atoms. The van der Waals surface area contributed by atoms with E-state index in [1.54, 1.807) is 24.3 Å². The molecule has 0 spiro atoms. The molecule has 5 nitrogen and oxygen atoms in total. The topological polar surface area (TPSA) is 78.6 Å². The fraction of sp³-hybridized carbons (Fsp3) is 0. The number of aliphatic imine (C=N–C) groups is 1. The number of nitrogens with zero attached hydrogens (tertiary/aromatic N) is 2. The Hall–Kier alpha value is -1.92. The summed E-state index contributed by atoms with van der Waals surface area (Å²) in [6.07, 6.45) is 1.27. The molecule has 2 aromatic carbocycles. The summed E-state index contributed by atoms with van der Waals surface area (Å²) in [6.45, 7) is 0. The Labute approximate surface area is 127 Å². The number of nitro benzene ring substituents is 1. The van der Waals surface area contributed by atoms with Gasteiger partial charge in [0.1, 0.15) is 0 Å². The quantitative estimate of drug-likeness (QED) is 0.477. The van der Waals surface area contributed by atoms with Gasteiger partial charge >= 0.3 is 0 Å². The van der Waals surface area contributed by atoms with E-state index in [-0.39, 0.29) is 5.56 Å². The summed E-state index contributed by atoms with van der Waals surface area (Å²) in [4.78, 5) is 14.1. The fourth-order valence-corrected chi connectivity index (χ4v) is 2.17. The first-order valence-corrected chi connectivity index (χ1v) is 6.59. The van der Waals surface area contributed by atoms with Gasteiger partial charge in [-0.05, 0) is 29.5 Å². The normalized spacial score (nSPS) is 10.9. The van der Waals surface area contributed by atoms with E-state index >= 15 is 0 Å². The highest BCUT2D eigenvalue weighted by molar-refractivity contribution is 9.10. The molecule has 0 saturated carbocycles. The van der Waals surface area contributed by atoms with Gasteiger partial charge in [0.2, 0.25) is 0 Å². The third kappa shape index (κ3) is 3.15. The molecule has 102 valence electrons. The molecule has 0 aliphatic heterocycles. The average Bonchev–Trinajstić information content (AvgIpc) is 2.40. The molecule has 0 aliphatic carbocycles. The third-order valence-corrected chi connectivity index (χ3v) is 3.23. The number of benzene rings is 2. The largest absolute Gasteiger partial charge is 0.867 e. The van der Waals surface area contributed by atoms with Crippen LogP contribution in [-0.4, -0.2) is 11.1 Å². The van der Waals surface area contributed by atoms with Gasteiger partial charge in [-0.2, -0.15) is 0 Å². The minimum atomic E-state index is -0.722. The highest BCUT2D eigenvalue weighted by Gasteiger charge is 2.11. The second-order valence-electron chi connectivity index (χ2n) is 3.81. The van der Waals surface area contributed by atoms with Gasteiger partial charge in [0.25, 0.3) is 5.69 Å². The van der Waals surface area contributed by atoms with Crippen LogP contribution < -0.4 is 5.11 Å². The van der Waals surface area contributed by atoms with Crippen molar-refractivity contribution in [3.05, 3.63) is 61.6 Å². The summed E-state index contributed by atoms with van der Waals surface area (Å²) in [7, 11) is 0. The van der Waals surface area contributed by atoms with Crippen molar-refractivity contribution in [3.8, 4) is 5.75 Å². The summed E-state index contributed by atoms with van der Waals surface area (Å²) in [5.41, 5.74) is 0.0992. The molecule has 0 unspecified atom stereocenters. The van der Waals surface area contributed by atoms with Crippen molar-refractivity contribution in [2.24, 2.45) is 4.99 Å². The molecular weight excluding hydrogens is 348 g/mol. The van der Waals surface area contributed by atoms with Crippen LogP contribution in [0.25, 0.3) is 0 Å². The highest BCUT2D eigenvalue weighted by atomic mass is 79.9. The molecule has 2 aromatic rings. The van der Waals surface area contributed by atoms with Gasteiger partial charge < -0.3 is 5.11 Å². The van der Waals surface area contributed by atoms with Crippen LogP contribution in [0.4, 0.5) is 11.4 Å². The maximum absolute atomic E-state index is 11.9. The van der Waals surface area contributed by atoms with Crippen molar-refractivity contribution in [1.29, 1.82) is 0 Å². The lowest BCUT2D eigenvalue weighted by Crippen LogP contribution is -2.02. The van der Waals surface area contributed by atoms with E-state index < -0.39 is 16.4 Å². The predicted octanol–water partition coefficient (Wildman–Crippen LogP) is 3.83. The Balaban J connectivity index is 2.44. The zero-order valence-electron chi connectivity index (χ0n) is 9.92. The zero-order chi connectivity index (χ0) is 14.7. The molecule has 0 saturated heterocycles. The first kappa shape index (κ1) is 14.5. The second kappa shape index (κ2) is 6.02. The van der Waals surface area contributed by atoms with Crippen LogP contribution in [0, 0.1) is 10.1 Å². The summed E-state index contributed by atoms with van der Waals surface area (Å²) in [5, 5.41) is 23.1. The smallest absolute Gasteiger partial charge is 0.263 e. The standard InChI is InChI=1S/C13H8BrClN2O3/c14-9-5-8(13(18)12(6-9)17(19)20)7-16-11-4-2-1-3-10(11)15/h1-7,18H/p-1. The molecule has 0 amide bonds. The minimum Gasteiger partial charge on any atom is -0.867 e. The average molecular weight is 355 g/mol. The predicted molar refractivity (Wildman–Crippen MR) is 78.9 cm³/mol. The SMILES string of the molecule is O=[N+]([O-])c1cc(Br)cc(C=Nc2ccccc2Cl)c1[O-]. The van der Waals surface area contributed by atoms with E-state index in [0.717, 1.165) is 6.07 Å². The summed E-state index contributed by atoms with van der Waals surface area (Å²) in [5.74, 6) is -0.686. The Morgan fingerprint density at radius 2 is 2.00 bits per heavy atom. The number of hydrogen-bond acceptors (Lipinski definition) is 4. The van der Waals surface area contributed by atoms with E-state index in [0.29, 0.717) is 15.2 Å². The molecule has 20 heavy (non-hydrogen) atoms. The molecule has 2 rings (SSSR count). The van der Waals surface area contributed by atoms with Crippen molar-refractivity contribution >= 4 is 45.1 Å². The molecule has 0 heterocycles. The number of para-hydroxylation sites is 1. The zero-order valence-corrected chi connectivity index (χ0v) is 12.3. The molecule has 7 heteroatoms. The van der Waals surface area contributed by atoms with E-state index in [4.69, 9.17) is 11.6 Å². The molecule has 0 atom stereocenters. The molecule has 0 N–H and O–H groups in total. The van der Waals surface area contributed by atoms with Crippen molar-refractivity contribution in [2.75, 3.05) is 0 Å². The van der Waals surface area contributed by atoms with Gasteiger partial charge in [0.05, 0.1) is 15.6 Å². The Bertz CT molecular complexity index is 704. The maximum atomic E-state index is 11.9. The number of rotatable bonds is 3. The minimum absolute atomic E-state index is 0.117. The van der Waals surface area contributed by atoms with E-state index in [1.807, 2.05) is 0 Å². The van der Waals surface area contributed by atoms with Crippen molar-refractivity contribution in [2.45, 2.75) is 0 Å². The second-order valence-corrected chi connectivity index (χ2v) is 5.13. The van der Waals surface area contributed by atoms with Crippen LogP contribution in [0.3, 0.4) is 0 Å². The molecule has 0 aliphatic rings. The Morgan fingerprint density at radius 1 is 1.30 bits per heavy atom. The van der Waals surface area contributed by atoms with Gasteiger partial charge in [-0.3, -0.25) is 15.1 Å². The van der Waals surface area contributed by atoms with Crippen LogP contribution in [0.15, 0.2) is 45.9 Å². The van der Waals surface area contributed by atoms with E-state index in [9.17, 15) is 15.2 Å². The van der Waals surface area contributed by atoms with Gasteiger partial charge in [0.15, 0.2) is 0 Å². The Kier molecular flexibility index (Phi) is 4.36. The molecule has 0 fully saturated rings. The van der Waals surface area contributed by atoms with Crippen molar-refractivity contribution in [1.82, 2.24) is 0 Å². The van der Waals surface area contributed by atoms with Crippen LogP contribution in [0.2, 0.25) is 5.02 Å². The lowest BCUT2D eigenvalue weighted by Gasteiger charge is -2.10. The first-order chi connectivity index (χ1) is 9.49. The van der Waals surface area contributed by atoms with Gasteiger partial charge in [0, 0.05) is 16.8 Å². The third-order valence-electron chi connectivity index (χ3n) is 2.45. The van der Waals surface area contributed by atoms with Crippen LogP contribution in [0.1, 0.15) is 5.56 Å². The first-order valence-electron chi connectivity index (χ1n) is 5.42. The van der Waals surface area contributed by atoms with Crippen LogP contribution in [0.5, 0.6) is 5.75 Å². The van der Waals surface area contributed by atoms with Crippen molar-refractivity contribution in [3.63, 3.8) is 0 Å².